The molecule has 100 valence electrons. The van der Waals surface area contributed by atoms with Crippen LogP contribution < -0.4 is 5.73 Å². The number of nitrogen functional groups attached to an aromatic ring is 1. The highest BCUT2D eigenvalue weighted by Crippen LogP contribution is 2.37. The maximum atomic E-state index is 6.10. The van der Waals surface area contributed by atoms with Crippen molar-refractivity contribution in [2.24, 2.45) is 0 Å². The molecule has 2 heterocycles. The van der Waals surface area contributed by atoms with Crippen molar-refractivity contribution in [3.8, 4) is 10.7 Å². The molecule has 0 unspecified atom stereocenters. The molecule has 0 bridgehead atoms. The van der Waals surface area contributed by atoms with Crippen molar-refractivity contribution in [3.63, 3.8) is 0 Å². The average Bonchev–Trinajstić information content (AvgIpc) is 2.61. The number of fused-ring (bicyclic) bond motifs is 1. The molecule has 0 spiro atoms. The Bertz CT molecular complexity index is 607. The fourth-order valence-corrected chi connectivity index (χ4v) is 4.00. The third kappa shape index (κ3) is 2.64. The van der Waals surface area contributed by atoms with Gasteiger partial charge in [-0.2, -0.15) is 0 Å². The second-order valence-corrected chi connectivity index (χ2v) is 7.16. The van der Waals surface area contributed by atoms with Crippen LogP contribution in [0.4, 0.5) is 5.82 Å². The van der Waals surface area contributed by atoms with Crippen LogP contribution in [0.15, 0.2) is 10.5 Å². The Kier molecular flexibility index (Phi) is 3.78. The normalized spacial score (nSPS) is 15.1. The Morgan fingerprint density at radius 3 is 2.74 bits per heavy atom. The van der Waals surface area contributed by atoms with E-state index in [1.54, 1.807) is 0 Å². The molecule has 0 radical (unpaired) electrons. The largest absolute Gasteiger partial charge is 0.383 e. The van der Waals surface area contributed by atoms with Crippen LogP contribution in [0.2, 0.25) is 4.34 Å². The first kappa shape index (κ1) is 13.3. The van der Waals surface area contributed by atoms with Crippen LogP contribution in [0.3, 0.4) is 0 Å². The first-order valence-electron chi connectivity index (χ1n) is 6.25. The van der Waals surface area contributed by atoms with E-state index in [9.17, 15) is 0 Å². The summed E-state index contributed by atoms with van der Waals surface area (Å²) in [7, 11) is 0. The lowest BCUT2D eigenvalue weighted by molar-refractivity contribution is 0.709. The molecule has 3 rings (SSSR count). The summed E-state index contributed by atoms with van der Waals surface area (Å²) in [4.78, 5) is 10.1. The van der Waals surface area contributed by atoms with Gasteiger partial charge in [0, 0.05) is 15.7 Å². The molecule has 2 aromatic rings. The number of halogens is 2. The van der Waals surface area contributed by atoms with Gasteiger partial charge in [0.2, 0.25) is 0 Å². The van der Waals surface area contributed by atoms with Gasteiger partial charge in [-0.25, -0.2) is 9.97 Å². The lowest BCUT2D eigenvalue weighted by atomic mass is 10.1. The monoisotopic (exact) mass is 357 g/mol. The lowest BCUT2D eigenvalue weighted by Crippen LogP contribution is -2.06. The zero-order valence-electron chi connectivity index (χ0n) is 10.2. The van der Waals surface area contributed by atoms with Gasteiger partial charge in [0.25, 0.3) is 0 Å². The molecule has 0 saturated heterocycles. The molecule has 19 heavy (non-hydrogen) atoms. The smallest absolute Gasteiger partial charge is 0.171 e. The highest BCUT2D eigenvalue weighted by atomic mass is 79.9. The lowest BCUT2D eigenvalue weighted by Gasteiger charge is -2.09. The first-order chi connectivity index (χ1) is 9.15. The Labute approximate surface area is 129 Å². The molecule has 0 aromatic carbocycles. The summed E-state index contributed by atoms with van der Waals surface area (Å²) >= 11 is 11.0. The molecule has 0 amide bonds. The number of hydrogen-bond acceptors (Lipinski definition) is 4. The summed E-state index contributed by atoms with van der Waals surface area (Å²) in [6.07, 6.45) is 5.58. The summed E-state index contributed by atoms with van der Waals surface area (Å²) in [5.74, 6) is 1.32. The summed E-state index contributed by atoms with van der Waals surface area (Å²) in [5.41, 5.74) is 8.36. The molecule has 2 N–H and O–H groups in total. The minimum absolute atomic E-state index is 0.627. The van der Waals surface area contributed by atoms with Gasteiger partial charge in [0.15, 0.2) is 5.82 Å². The second-order valence-electron chi connectivity index (χ2n) is 4.65. The summed E-state index contributed by atoms with van der Waals surface area (Å²) in [5, 5.41) is 0. The number of hydrogen-bond donors (Lipinski definition) is 1. The molecule has 3 nitrogen and oxygen atoms in total. The van der Waals surface area contributed by atoms with E-state index in [2.05, 4.69) is 20.9 Å². The number of thiophene rings is 1. The molecule has 6 heteroatoms. The molecular formula is C13H13BrClN3S. The Morgan fingerprint density at radius 2 is 2.00 bits per heavy atom. The van der Waals surface area contributed by atoms with Crippen LogP contribution in [-0.2, 0) is 12.8 Å². The van der Waals surface area contributed by atoms with E-state index in [4.69, 9.17) is 22.3 Å². The predicted molar refractivity (Wildman–Crippen MR) is 83.7 cm³/mol. The van der Waals surface area contributed by atoms with E-state index in [1.807, 2.05) is 6.07 Å². The van der Waals surface area contributed by atoms with Crippen LogP contribution in [-0.4, -0.2) is 9.97 Å². The summed E-state index contributed by atoms with van der Waals surface area (Å²) in [6.45, 7) is 0. The van der Waals surface area contributed by atoms with Crippen molar-refractivity contribution in [1.82, 2.24) is 9.97 Å². The fraction of sp³-hybridized carbons (Fsp3) is 0.385. The Morgan fingerprint density at radius 1 is 1.21 bits per heavy atom. The van der Waals surface area contributed by atoms with Crippen molar-refractivity contribution in [2.45, 2.75) is 32.1 Å². The second kappa shape index (κ2) is 5.38. The number of rotatable bonds is 1. The zero-order valence-corrected chi connectivity index (χ0v) is 13.4. The van der Waals surface area contributed by atoms with E-state index >= 15 is 0 Å². The molecule has 0 aliphatic heterocycles. The van der Waals surface area contributed by atoms with Crippen LogP contribution >= 0.6 is 38.9 Å². The van der Waals surface area contributed by atoms with Crippen molar-refractivity contribution in [3.05, 3.63) is 26.1 Å². The van der Waals surface area contributed by atoms with Crippen molar-refractivity contribution in [2.75, 3.05) is 5.73 Å². The van der Waals surface area contributed by atoms with Gasteiger partial charge < -0.3 is 5.73 Å². The number of nitrogens with two attached hydrogens (primary N) is 1. The van der Waals surface area contributed by atoms with Gasteiger partial charge in [-0.1, -0.05) is 18.0 Å². The number of nitrogens with zero attached hydrogens (tertiary/aromatic N) is 2. The van der Waals surface area contributed by atoms with Gasteiger partial charge in [0.1, 0.15) is 10.2 Å². The zero-order chi connectivity index (χ0) is 13.4. The van der Waals surface area contributed by atoms with Crippen LogP contribution in [0.1, 0.15) is 30.5 Å². The van der Waals surface area contributed by atoms with Gasteiger partial charge >= 0.3 is 0 Å². The maximum absolute atomic E-state index is 6.10. The fourth-order valence-electron chi connectivity index (χ4n) is 2.37. The molecule has 0 atom stereocenters. The van der Waals surface area contributed by atoms with Gasteiger partial charge in [-0.05, 0) is 47.7 Å². The van der Waals surface area contributed by atoms with E-state index in [0.717, 1.165) is 33.4 Å². The predicted octanol–water partition coefficient (Wildman–Crippen LogP) is 4.47. The Hall–Kier alpha value is -0.650. The topological polar surface area (TPSA) is 51.8 Å². The highest BCUT2D eigenvalue weighted by molar-refractivity contribution is 9.10. The maximum Gasteiger partial charge on any atom is 0.171 e. The molecule has 1 aliphatic rings. The van der Waals surface area contributed by atoms with Crippen molar-refractivity contribution < 1.29 is 0 Å². The van der Waals surface area contributed by atoms with Crippen LogP contribution in [0.25, 0.3) is 10.7 Å². The third-order valence-electron chi connectivity index (χ3n) is 3.33. The van der Waals surface area contributed by atoms with Crippen molar-refractivity contribution >= 4 is 44.7 Å². The van der Waals surface area contributed by atoms with E-state index in [0.29, 0.717) is 16.0 Å². The molecule has 1 aliphatic carbocycles. The molecule has 0 saturated carbocycles. The highest BCUT2D eigenvalue weighted by Gasteiger charge is 2.17. The quantitative estimate of drug-likeness (QED) is 0.765. The first-order valence-corrected chi connectivity index (χ1v) is 8.24. The van der Waals surface area contributed by atoms with E-state index in [1.165, 1.54) is 30.6 Å². The van der Waals surface area contributed by atoms with Crippen molar-refractivity contribution in [1.29, 1.82) is 0 Å². The molecular weight excluding hydrogens is 346 g/mol. The third-order valence-corrected chi connectivity index (χ3v) is 5.80. The average molecular weight is 359 g/mol. The minimum atomic E-state index is 0.627. The summed E-state index contributed by atoms with van der Waals surface area (Å²) < 4.78 is 1.60. The Balaban J connectivity index is 2.08. The SMILES string of the molecule is Nc1nc(-c2cc(Br)c(Cl)s2)nc2c1CCCCC2. The number of aryl methyl sites for hydroxylation is 1. The number of anilines is 1. The molecule has 2 aromatic heterocycles. The molecule has 0 fully saturated rings. The minimum Gasteiger partial charge on any atom is -0.383 e. The van der Waals surface area contributed by atoms with Gasteiger partial charge in [-0.15, -0.1) is 11.3 Å². The standard InChI is InChI=1S/C13H13BrClN3S/c14-8-6-10(19-11(8)15)13-17-9-5-3-1-2-4-7(9)12(16)18-13/h6H,1-5H2,(H2,16,17,18). The van der Waals surface area contributed by atoms with E-state index in [-0.39, 0.29) is 0 Å². The van der Waals surface area contributed by atoms with E-state index < -0.39 is 0 Å². The van der Waals surface area contributed by atoms with Crippen LogP contribution in [0, 0.1) is 0 Å². The number of aromatic nitrogens is 2. The van der Waals surface area contributed by atoms with Crippen LogP contribution in [0.5, 0.6) is 0 Å². The summed E-state index contributed by atoms with van der Waals surface area (Å²) in [6, 6.07) is 1.95. The van der Waals surface area contributed by atoms with Gasteiger partial charge in [-0.3, -0.25) is 0 Å². The van der Waals surface area contributed by atoms with Gasteiger partial charge in [0.05, 0.1) is 4.88 Å².